The second kappa shape index (κ2) is 5.38. The number of nitrogens with zero attached hydrogens (tertiary/aromatic N) is 3. The number of aromatic amines is 1. The van der Waals surface area contributed by atoms with Crippen LogP contribution in [0.4, 0.5) is 0 Å². The number of hydrogen-bond acceptors (Lipinski definition) is 5. The third kappa shape index (κ3) is 2.39. The smallest absolute Gasteiger partial charge is 0.274 e. The molecule has 0 aliphatic rings. The fourth-order valence-corrected chi connectivity index (χ4v) is 1.83. The fraction of sp³-hybridized carbons (Fsp3) is 0.385. The van der Waals surface area contributed by atoms with Crippen molar-refractivity contribution in [1.29, 1.82) is 0 Å². The van der Waals surface area contributed by atoms with Crippen LogP contribution in [0.2, 0.25) is 0 Å². The van der Waals surface area contributed by atoms with Crippen molar-refractivity contribution >= 4 is 16.8 Å². The highest BCUT2D eigenvalue weighted by Gasteiger charge is 2.17. The van der Waals surface area contributed by atoms with Crippen molar-refractivity contribution in [3.63, 3.8) is 0 Å². The molecule has 0 saturated carbocycles. The van der Waals surface area contributed by atoms with Crippen LogP contribution in [-0.2, 0) is 4.84 Å². The molecule has 0 aromatic carbocycles. The van der Waals surface area contributed by atoms with Gasteiger partial charge in [-0.2, -0.15) is 5.10 Å². The number of hydroxylamine groups is 2. The summed E-state index contributed by atoms with van der Waals surface area (Å²) >= 11 is 0. The lowest BCUT2D eigenvalue weighted by Crippen LogP contribution is -2.26. The quantitative estimate of drug-likeness (QED) is 0.847. The lowest BCUT2D eigenvalue weighted by Gasteiger charge is -2.13. The average Bonchev–Trinajstić information content (AvgIpc) is 2.45. The number of aromatic nitrogens is 3. The maximum Gasteiger partial charge on any atom is 0.295 e. The summed E-state index contributed by atoms with van der Waals surface area (Å²) in [5, 5.41) is 7.95. The van der Waals surface area contributed by atoms with Gasteiger partial charge in [-0.1, -0.05) is 13.8 Å². The van der Waals surface area contributed by atoms with E-state index in [1.165, 1.54) is 20.2 Å². The van der Waals surface area contributed by atoms with E-state index in [1.807, 2.05) is 13.8 Å². The molecule has 0 radical (unpaired) electrons. The van der Waals surface area contributed by atoms with Crippen molar-refractivity contribution in [2.75, 3.05) is 14.2 Å². The Kier molecular flexibility index (Phi) is 3.80. The largest absolute Gasteiger partial charge is 0.295 e. The van der Waals surface area contributed by atoms with Gasteiger partial charge in [0.2, 0.25) is 0 Å². The summed E-state index contributed by atoms with van der Waals surface area (Å²) in [6, 6.07) is 3.07. The van der Waals surface area contributed by atoms with E-state index in [4.69, 9.17) is 4.84 Å². The van der Waals surface area contributed by atoms with Gasteiger partial charge in [0.25, 0.3) is 11.5 Å². The van der Waals surface area contributed by atoms with Crippen molar-refractivity contribution in [3.8, 4) is 0 Å². The molecule has 106 valence electrons. The number of carbonyl (C=O) groups excluding carboxylic acids is 1. The van der Waals surface area contributed by atoms with Crippen LogP contribution in [0.3, 0.4) is 0 Å². The lowest BCUT2D eigenvalue weighted by molar-refractivity contribution is -0.0760. The molecule has 1 amide bonds. The SMILES string of the molecule is CON(C)C(=O)c1ccc2c(=O)[nH]nc(C(C)C)c2n1. The van der Waals surface area contributed by atoms with Gasteiger partial charge in [0.05, 0.1) is 18.2 Å². The number of pyridine rings is 1. The van der Waals surface area contributed by atoms with E-state index in [2.05, 4.69) is 15.2 Å². The highest BCUT2D eigenvalue weighted by atomic mass is 16.7. The molecule has 0 aliphatic heterocycles. The Morgan fingerprint density at radius 3 is 2.70 bits per heavy atom. The zero-order chi connectivity index (χ0) is 14.9. The first-order valence-electron chi connectivity index (χ1n) is 6.17. The maximum absolute atomic E-state index is 12.0. The molecular formula is C13H16N4O3. The average molecular weight is 276 g/mol. The van der Waals surface area contributed by atoms with Gasteiger partial charge < -0.3 is 0 Å². The van der Waals surface area contributed by atoms with Crippen molar-refractivity contribution in [2.45, 2.75) is 19.8 Å². The predicted octanol–water partition coefficient (Wildman–Crippen LogP) is 1.07. The first-order valence-corrected chi connectivity index (χ1v) is 6.17. The Morgan fingerprint density at radius 1 is 1.40 bits per heavy atom. The van der Waals surface area contributed by atoms with E-state index in [-0.39, 0.29) is 23.1 Å². The van der Waals surface area contributed by atoms with E-state index in [0.29, 0.717) is 16.6 Å². The molecule has 0 unspecified atom stereocenters. The second-order valence-electron chi connectivity index (χ2n) is 4.67. The monoisotopic (exact) mass is 276 g/mol. The third-order valence-corrected chi connectivity index (χ3v) is 2.99. The Bertz CT molecular complexity index is 708. The predicted molar refractivity (Wildman–Crippen MR) is 73.4 cm³/mol. The van der Waals surface area contributed by atoms with Crippen LogP contribution in [0.15, 0.2) is 16.9 Å². The molecule has 20 heavy (non-hydrogen) atoms. The molecule has 2 aromatic rings. The van der Waals surface area contributed by atoms with Crippen LogP contribution in [0, 0.1) is 0 Å². The summed E-state index contributed by atoms with van der Waals surface area (Å²) in [5.74, 6) is -0.309. The highest BCUT2D eigenvalue weighted by Crippen LogP contribution is 2.19. The van der Waals surface area contributed by atoms with Gasteiger partial charge in [0, 0.05) is 7.05 Å². The summed E-state index contributed by atoms with van der Waals surface area (Å²) < 4.78 is 0. The van der Waals surface area contributed by atoms with Crippen molar-refractivity contribution in [3.05, 3.63) is 33.9 Å². The van der Waals surface area contributed by atoms with E-state index >= 15 is 0 Å². The molecule has 2 aromatic heterocycles. The number of carbonyl (C=O) groups is 1. The van der Waals surface area contributed by atoms with Crippen LogP contribution in [0.25, 0.3) is 10.9 Å². The lowest BCUT2D eigenvalue weighted by atomic mass is 10.1. The normalized spacial score (nSPS) is 11.1. The molecule has 0 bridgehead atoms. The summed E-state index contributed by atoms with van der Waals surface area (Å²) in [7, 11) is 2.89. The summed E-state index contributed by atoms with van der Waals surface area (Å²) in [4.78, 5) is 32.9. The number of amides is 1. The van der Waals surface area contributed by atoms with Crippen LogP contribution in [-0.4, -0.2) is 40.3 Å². The van der Waals surface area contributed by atoms with Crippen LogP contribution in [0.5, 0.6) is 0 Å². The Balaban J connectivity index is 2.66. The van der Waals surface area contributed by atoms with Gasteiger partial charge in [0.1, 0.15) is 11.2 Å². The zero-order valence-corrected chi connectivity index (χ0v) is 11.8. The van der Waals surface area contributed by atoms with Gasteiger partial charge in [-0.3, -0.25) is 14.4 Å². The number of rotatable bonds is 3. The van der Waals surface area contributed by atoms with Crippen LogP contribution >= 0.6 is 0 Å². The van der Waals surface area contributed by atoms with E-state index in [9.17, 15) is 9.59 Å². The standard InChI is InChI=1S/C13H16N4O3/c1-7(2)10-11-8(12(18)16-15-10)5-6-9(14-11)13(19)17(3)20-4/h5-7H,1-4H3,(H,16,18). The third-order valence-electron chi connectivity index (χ3n) is 2.99. The molecule has 0 aliphatic carbocycles. The first-order chi connectivity index (χ1) is 9.45. The molecule has 2 rings (SSSR count). The molecule has 7 nitrogen and oxygen atoms in total. The summed E-state index contributed by atoms with van der Waals surface area (Å²) in [6.45, 7) is 3.88. The van der Waals surface area contributed by atoms with Gasteiger partial charge in [-0.25, -0.2) is 15.1 Å². The van der Waals surface area contributed by atoms with Gasteiger partial charge in [-0.15, -0.1) is 0 Å². The van der Waals surface area contributed by atoms with Crippen molar-refractivity contribution < 1.29 is 9.63 Å². The van der Waals surface area contributed by atoms with Crippen LogP contribution < -0.4 is 5.56 Å². The molecule has 1 N–H and O–H groups in total. The number of H-pyrrole nitrogens is 1. The Morgan fingerprint density at radius 2 is 2.10 bits per heavy atom. The van der Waals surface area contributed by atoms with E-state index in [1.54, 1.807) is 6.07 Å². The van der Waals surface area contributed by atoms with E-state index in [0.717, 1.165) is 5.06 Å². The van der Waals surface area contributed by atoms with E-state index < -0.39 is 0 Å². The Hall–Kier alpha value is -2.28. The molecule has 0 atom stereocenters. The fourth-order valence-electron chi connectivity index (χ4n) is 1.83. The zero-order valence-electron chi connectivity index (χ0n) is 11.8. The van der Waals surface area contributed by atoms with Gasteiger partial charge in [0.15, 0.2) is 0 Å². The summed E-state index contributed by atoms with van der Waals surface area (Å²) in [5.41, 5.74) is 0.973. The number of fused-ring (bicyclic) bond motifs is 1. The Labute approximate surface area is 115 Å². The van der Waals surface area contributed by atoms with Gasteiger partial charge in [-0.05, 0) is 18.1 Å². The van der Waals surface area contributed by atoms with Gasteiger partial charge >= 0.3 is 0 Å². The number of nitrogens with one attached hydrogen (secondary N) is 1. The minimum Gasteiger partial charge on any atom is -0.274 e. The molecule has 0 spiro atoms. The van der Waals surface area contributed by atoms with Crippen LogP contribution in [0.1, 0.15) is 35.9 Å². The highest BCUT2D eigenvalue weighted by molar-refractivity contribution is 5.94. The first kappa shape index (κ1) is 14.1. The minimum absolute atomic E-state index is 0.0763. The maximum atomic E-state index is 12.0. The minimum atomic E-state index is -0.385. The molecular weight excluding hydrogens is 260 g/mol. The molecule has 0 fully saturated rings. The van der Waals surface area contributed by atoms with Crippen molar-refractivity contribution in [2.24, 2.45) is 0 Å². The topological polar surface area (TPSA) is 88.2 Å². The number of hydrogen-bond donors (Lipinski definition) is 1. The summed E-state index contributed by atoms with van der Waals surface area (Å²) in [6.07, 6.45) is 0. The van der Waals surface area contributed by atoms with Crippen molar-refractivity contribution in [1.82, 2.24) is 20.2 Å². The second-order valence-corrected chi connectivity index (χ2v) is 4.67. The molecule has 0 saturated heterocycles. The molecule has 7 heteroatoms. The molecule has 2 heterocycles.